The summed E-state index contributed by atoms with van der Waals surface area (Å²) < 4.78 is 5.77. The summed E-state index contributed by atoms with van der Waals surface area (Å²) in [6.45, 7) is 2.00. The average Bonchev–Trinajstić information content (AvgIpc) is 2.75. The third-order valence-electron chi connectivity index (χ3n) is 4.40. The molecule has 0 spiro atoms. The van der Waals surface area contributed by atoms with Crippen LogP contribution in [0.5, 0.6) is 11.5 Å². The van der Waals surface area contributed by atoms with Gasteiger partial charge < -0.3 is 10.1 Å². The second kappa shape index (κ2) is 9.52. The molecular formula is C23H22N2O4. The Morgan fingerprint density at radius 3 is 2.03 bits per heavy atom. The summed E-state index contributed by atoms with van der Waals surface area (Å²) in [5.41, 5.74) is 4.06. The number of ether oxygens (including phenoxy) is 1. The van der Waals surface area contributed by atoms with Gasteiger partial charge in [-0.05, 0) is 55.3 Å². The molecule has 3 rings (SSSR count). The SMILES string of the molecule is Cc1ccc(Oc2ccc(NC(=O)C(Cc3ccccc3)C(=O)NO)cc2)cc1. The molecule has 0 bridgehead atoms. The molecule has 1 unspecified atom stereocenters. The van der Waals surface area contributed by atoms with E-state index in [1.807, 2.05) is 61.5 Å². The van der Waals surface area contributed by atoms with Crippen LogP contribution in [0.15, 0.2) is 78.9 Å². The fraction of sp³-hybridized carbons (Fsp3) is 0.130. The molecule has 0 aliphatic rings. The van der Waals surface area contributed by atoms with E-state index in [1.54, 1.807) is 29.7 Å². The summed E-state index contributed by atoms with van der Waals surface area (Å²) in [6.07, 6.45) is 0.174. The van der Waals surface area contributed by atoms with Crippen molar-refractivity contribution in [2.75, 3.05) is 5.32 Å². The minimum absolute atomic E-state index is 0.174. The number of nitrogens with one attached hydrogen (secondary N) is 2. The maximum atomic E-state index is 12.6. The molecule has 0 saturated carbocycles. The molecule has 148 valence electrons. The number of amides is 2. The first kappa shape index (κ1) is 20.1. The van der Waals surface area contributed by atoms with E-state index in [1.165, 1.54) is 0 Å². The number of carbonyl (C=O) groups is 2. The zero-order valence-electron chi connectivity index (χ0n) is 16.0. The first-order valence-electron chi connectivity index (χ1n) is 9.18. The first-order chi connectivity index (χ1) is 14.0. The van der Waals surface area contributed by atoms with Crippen LogP contribution in [0.1, 0.15) is 11.1 Å². The Kier molecular flexibility index (Phi) is 6.60. The van der Waals surface area contributed by atoms with Gasteiger partial charge in [-0.15, -0.1) is 0 Å². The summed E-state index contributed by atoms with van der Waals surface area (Å²) in [4.78, 5) is 24.6. The third kappa shape index (κ3) is 5.67. The van der Waals surface area contributed by atoms with Gasteiger partial charge in [0.25, 0.3) is 5.91 Å². The molecule has 0 fully saturated rings. The van der Waals surface area contributed by atoms with Crippen LogP contribution in [-0.2, 0) is 16.0 Å². The molecule has 3 aromatic rings. The molecule has 2 amide bonds. The van der Waals surface area contributed by atoms with Crippen molar-refractivity contribution in [3.8, 4) is 11.5 Å². The zero-order valence-corrected chi connectivity index (χ0v) is 16.0. The van der Waals surface area contributed by atoms with Crippen LogP contribution in [0.25, 0.3) is 0 Å². The molecule has 0 aliphatic carbocycles. The van der Waals surface area contributed by atoms with Gasteiger partial charge in [0.2, 0.25) is 5.91 Å². The molecule has 6 nitrogen and oxygen atoms in total. The molecular weight excluding hydrogens is 368 g/mol. The van der Waals surface area contributed by atoms with Gasteiger partial charge in [0.15, 0.2) is 0 Å². The number of rotatable bonds is 7. The highest BCUT2D eigenvalue weighted by atomic mass is 16.5. The van der Waals surface area contributed by atoms with Crippen molar-refractivity contribution in [1.82, 2.24) is 5.48 Å². The lowest BCUT2D eigenvalue weighted by molar-refractivity contribution is -0.138. The summed E-state index contributed by atoms with van der Waals surface area (Å²) in [5, 5.41) is 11.7. The number of anilines is 1. The van der Waals surface area contributed by atoms with Gasteiger partial charge in [0.05, 0.1) is 0 Å². The molecule has 0 saturated heterocycles. The molecule has 1 atom stereocenters. The Hall–Kier alpha value is -3.64. The maximum Gasteiger partial charge on any atom is 0.256 e. The highest BCUT2D eigenvalue weighted by Gasteiger charge is 2.26. The van der Waals surface area contributed by atoms with Crippen molar-refractivity contribution >= 4 is 17.5 Å². The molecule has 0 aliphatic heterocycles. The largest absolute Gasteiger partial charge is 0.457 e. The van der Waals surface area contributed by atoms with Crippen molar-refractivity contribution in [3.63, 3.8) is 0 Å². The molecule has 0 radical (unpaired) electrons. The Labute approximate surface area is 169 Å². The molecule has 29 heavy (non-hydrogen) atoms. The van der Waals surface area contributed by atoms with Gasteiger partial charge in [0, 0.05) is 5.69 Å². The highest BCUT2D eigenvalue weighted by molar-refractivity contribution is 6.06. The summed E-state index contributed by atoms with van der Waals surface area (Å²) in [6, 6.07) is 23.7. The van der Waals surface area contributed by atoms with Gasteiger partial charge in [-0.1, -0.05) is 48.0 Å². The Balaban J connectivity index is 1.66. The van der Waals surface area contributed by atoms with Gasteiger partial charge in [-0.2, -0.15) is 0 Å². The van der Waals surface area contributed by atoms with E-state index in [-0.39, 0.29) is 6.42 Å². The van der Waals surface area contributed by atoms with E-state index >= 15 is 0 Å². The van der Waals surface area contributed by atoms with Crippen LogP contribution in [-0.4, -0.2) is 17.0 Å². The second-order valence-corrected chi connectivity index (χ2v) is 6.65. The van der Waals surface area contributed by atoms with E-state index in [2.05, 4.69) is 5.32 Å². The summed E-state index contributed by atoms with van der Waals surface area (Å²) in [5.74, 6) is -0.986. The second-order valence-electron chi connectivity index (χ2n) is 6.65. The van der Waals surface area contributed by atoms with Crippen molar-refractivity contribution in [2.45, 2.75) is 13.3 Å². The fourth-order valence-corrected chi connectivity index (χ4v) is 2.81. The predicted molar refractivity (Wildman–Crippen MR) is 110 cm³/mol. The number of hydrogen-bond acceptors (Lipinski definition) is 4. The van der Waals surface area contributed by atoms with Gasteiger partial charge >= 0.3 is 0 Å². The van der Waals surface area contributed by atoms with E-state index < -0.39 is 17.7 Å². The fourth-order valence-electron chi connectivity index (χ4n) is 2.81. The quantitative estimate of drug-likeness (QED) is 0.322. The molecule has 3 N–H and O–H groups in total. The Bertz CT molecular complexity index is 954. The lowest BCUT2D eigenvalue weighted by Gasteiger charge is -2.15. The zero-order chi connectivity index (χ0) is 20.6. The summed E-state index contributed by atoms with van der Waals surface area (Å²) >= 11 is 0. The molecule has 6 heteroatoms. The van der Waals surface area contributed by atoms with Crippen LogP contribution in [0.4, 0.5) is 5.69 Å². The van der Waals surface area contributed by atoms with Crippen LogP contribution < -0.4 is 15.5 Å². The normalized spacial score (nSPS) is 11.4. The van der Waals surface area contributed by atoms with E-state index in [9.17, 15) is 9.59 Å². The number of hydrogen-bond donors (Lipinski definition) is 3. The average molecular weight is 390 g/mol. The monoisotopic (exact) mass is 390 g/mol. The predicted octanol–water partition coefficient (Wildman–Crippen LogP) is 4.09. The van der Waals surface area contributed by atoms with Crippen LogP contribution in [0, 0.1) is 12.8 Å². The topological polar surface area (TPSA) is 87.7 Å². The lowest BCUT2D eigenvalue weighted by atomic mass is 9.97. The van der Waals surface area contributed by atoms with Crippen LogP contribution in [0.3, 0.4) is 0 Å². The number of carbonyl (C=O) groups excluding carboxylic acids is 2. The van der Waals surface area contributed by atoms with Crippen molar-refractivity contribution in [3.05, 3.63) is 90.0 Å². The van der Waals surface area contributed by atoms with Crippen molar-refractivity contribution in [1.29, 1.82) is 0 Å². The van der Waals surface area contributed by atoms with Gasteiger partial charge in [-0.25, -0.2) is 5.48 Å². The molecule has 0 aromatic heterocycles. The molecule has 3 aromatic carbocycles. The Morgan fingerprint density at radius 2 is 1.45 bits per heavy atom. The first-order valence-corrected chi connectivity index (χ1v) is 9.18. The van der Waals surface area contributed by atoms with Crippen molar-refractivity contribution < 1.29 is 19.5 Å². The maximum absolute atomic E-state index is 12.6. The van der Waals surface area contributed by atoms with E-state index in [4.69, 9.17) is 9.94 Å². The van der Waals surface area contributed by atoms with Gasteiger partial charge in [0.1, 0.15) is 17.4 Å². The van der Waals surface area contributed by atoms with Crippen molar-refractivity contribution in [2.24, 2.45) is 5.92 Å². The van der Waals surface area contributed by atoms with Gasteiger partial charge in [-0.3, -0.25) is 14.8 Å². The Morgan fingerprint density at radius 1 is 0.862 bits per heavy atom. The van der Waals surface area contributed by atoms with E-state index in [0.717, 1.165) is 16.9 Å². The summed E-state index contributed by atoms with van der Waals surface area (Å²) in [7, 11) is 0. The minimum atomic E-state index is -1.06. The lowest BCUT2D eigenvalue weighted by Crippen LogP contribution is -2.38. The number of aryl methyl sites for hydroxylation is 1. The van der Waals surface area contributed by atoms with Crippen LogP contribution in [0.2, 0.25) is 0 Å². The third-order valence-corrected chi connectivity index (χ3v) is 4.40. The van der Waals surface area contributed by atoms with Crippen LogP contribution >= 0.6 is 0 Å². The number of benzene rings is 3. The standard InChI is InChI=1S/C23H22N2O4/c1-16-7-11-19(12-8-16)29-20-13-9-18(10-14-20)24-22(26)21(23(27)25-28)15-17-5-3-2-4-6-17/h2-14,21,28H,15H2,1H3,(H,24,26)(H,25,27). The smallest absolute Gasteiger partial charge is 0.256 e. The molecule has 0 heterocycles. The minimum Gasteiger partial charge on any atom is -0.457 e. The number of hydroxylamine groups is 1. The van der Waals surface area contributed by atoms with E-state index in [0.29, 0.717) is 11.4 Å². The highest BCUT2D eigenvalue weighted by Crippen LogP contribution is 2.23.